The molecule has 0 saturated heterocycles. The molecule has 0 radical (unpaired) electrons. The van der Waals surface area contributed by atoms with Crippen molar-refractivity contribution < 1.29 is 12.9 Å². The van der Waals surface area contributed by atoms with E-state index in [0.717, 1.165) is 0 Å². The predicted molar refractivity (Wildman–Crippen MR) is 49.9 cm³/mol. The molecule has 1 rings (SSSR count). The van der Waals surface area contributed by atoms with E-state index in [1.54, 1.807) is 19.9 Å². The average molecular weight is 203 g/mol. The van der Waals surface area contributed by atoms with Crippen LogP contribution >= 0.6 is 0 Å². The molecule has 0 aliphatic carbocycles. The van der Waals surface area contributed by atoms with Gasteiger partial charge in [0.25, 0.3) is 0 Å². The molecule has 0 amide bonds. The Balaban J connectivity index is 2.80. The van der Waals surface area contributed by atoms with E-state index in [-0.39, 0.29) is 6.54 Å². The van der Waals surface area contributed by atoms with Gasteiger partial charge in [-0.15, -0.1) is 12.1 Å². The van der Waals surface area contributed by atoms with Crippen molar-refractivity contribution in [1.29, 1.82) is 0 Å². The summed E-state index contributed by atoms with van der Waals surface area (Å²) in [5.74, 6) is 0. The summed E-state index contributed by atoms with van der Waals surface area (Å²) in [6.45, 7) is 1.24. The zero-order valence-electron chi connectivity index (χ0n) is 8.10. The number of rotatable bonds is 3. The van der Waals surface area contributed by atoms with Crippen molar-refractivity contribution in [3.05, 3.63) is 29.5 Å². The maximum absolute atomic E-state index is 12.2. The van der Waals surface area contributed by atoms with Crippen molar-refractivity contribution in [2.75, 3.05) is 0 Å². The summed E-state index contributed by atoms with van der Waals surface area (Å²) in [6.07, 6.45) is 0. The monoisotopic (exact) mass is 203 g/mol. The lowest BCUT2D eigenvalue weighted by Crippen LogP contribution is -2.23. The maximum atomic E-state index is 12.2. The summed E-state index contributed by atoms with van der Waals surface area (Å²) >= 11 is 0. The van der Waals surface area contributed by atoms with Gasteiger partial charge in [-0.3, -0.25) is 4.68 Å². The van der Waals surface area contributed by atoms with Crippen LogP contribution in [0.3, 0.4) is 0 Å². The van der Waals surface area contributed by atoms with Crippen molar-refractivity contribution >= 4 is 6.98 Å². The topological polar surface area (TPSA) is 17.8 Å². The molecule has 0 bridgehead atoms. The zero-order chi connectivity index (χ0) is 10.9. The highest BCUT2D eigenvalue weighted by molar-refractivity contribution is 6.66. The number of aryl methyl sites for hydroxylation is 2. The highest BCUT2D eigenvalue weighted by Gasteiger charge is 2.27. The molecule has 14 heavy (non-hydrogen) atoms. The minimum absolute atomic E-state index is 0.275. The third-order valence-corrected chi connectivity index (χ3v) is 1.92. The van der Waals surface area contributed by atoms with Gasteiger partial charge < -0.3 is 12.9 Å². The lowest BCUT2D eigenvalue weighted by atomic mass is 9.80. The van der Waals surface area contributed by atoms with Gasteiger partial charge in [-0.1, -0.05) is 0 Å². The average Bonchev–Trinajstić information content (AvgIpc) is 2.28. The molecule has 1 heterocycles. The summed E-state index contributed by atoms with van der Waals surface area (Å²) in [5.41, 5.74) is 0.699. The van der Waals surface area contributed by atoms with Crippen LogP contribution in [-0.2, 0) is 6.54 Å². The number of hydrogen-bond donors (Lipinski definition) is 0. The van der Waals surface area contributed by atoms with Gasteiger partial charge in [0.1, 0.15) is 0 Å². The van der Waals surface area contributed by atoms with Gasteiger partial charge >= 0.3 is 6.98 Å². The van der Waals surface area contributed by atoms with Gasteiger partial charge in [0, 0.05) is 12.2 Å². The first-order valence-corrected chi connectivity index (χ1v) is 4.19. The first-order chi connectivity index (χ1) is 6.30. The fraction of sp³-hybridized carbons (Fsp3) is 0.375. The molecule has 1 aromatic heterocycles. The van der Waals surface area contributed by atoms with E-state index >= 15 is 0 Å². The number of aromatic nitrogens is 2. The van der Waals surface area contributed by atoms with Crippen LogP contribution in [0.25, 0.3) is 0 Å². The molecule has 0 aromatic carbocycles. The lowest BCUT2D eigenvalue weighted by molar-refractivity contribution is 0.478. The Morgan fingerprint density at radius 3 is 2.43 bits per heavy atom. The SMILES string of the molecule is C=C(Cn1nc(C)cc1C)[B-](F)(F)F. The minimum Gasteiger partial charge on any atom is -0.445 e. The molecule has 0 fully saturated rings. The molecule has 0 saturated carbocycles. The van der Waals surface area contributed by atoms with Crippen LogP contribution in [0, 0.1) is 13.8 Å². The largest absolute Gasteiger partial charge is 0.506 e. The minimum atomic E-state index is -4.96. The lowest BCUT2D eigenvalue weighted by Gasteiger charge is -2.18. The van der Waals surface area contributed by atoms with E-state index in [0.29, 0.717) is 11.4 Å². The Kier molecular flexibility index (Phi) is 2.73. The van der Waals surface area contributed by atoms with Gasteiger partial charge in [0.2, 0.25) is 0 Å². The molecule has 0 spiro atoms. The highest BCUT2D eigenvalue weighted by Crippen LogP contribution is 2.20. The second-order valence-electron chi connectivity index (χ2n) is 3.32. The smallest absolute Gasteiger partial charge is 0.445 e. The summed E-state index contributed by atoms with van der Waals surface area (Å²) in [6, 6.07) is 1.73. The Morgan fingerprint density at radius 1 is 1.50 bits per heavy atom. The van der Waals surface area contributed by atoms with Crippen LogP contribution in [0.4, 0.5) is 12.9 Å². The molecule has 2 nitrogen and oxygen atoms in total. The van der Waals surface area contributed by atoms with E-state index < -0.39 is 12.4 Å². The van der Waals surface area contributed by atoms with E-state index in [9.17, 15) is 12.9 Å². The van der Waals surface area contributed by atoms with Gasteiger partial charge in [0.15, 0.2) is 0 Å². The second kappa shape index (κ2) is 3.51. The van der Waals surface area contributed by atoms with E-state index in [2.05, 4.69) is 11.7 Å². The summed E-state index contributed by atoms with van der Waals surface area (Å²) in [5, 5.41) is 3.93. The molecule has 1 aromatic rings. The van der Waals surface area contributed by atoms with Crippen LogP contribution < -0.4 is 0 Å². The molecular weight excluding hydrogens is 192 g/mol. The van der Waals surface area contributed by atoms with E-state index in [1.807, 2.05) is 0 Å². The Morgan fingerprint density at radius 2 is 2.07 bits per heavy atom. The molecule has 0 aliphatic heterocycles. The molecular formula is C8H11BF3N2-. The van der Waals surface area contributed by atoms with Crippen molar-refractivity contribution in [2.24, 2.45) is 0 Å². The van der Waals surface area contributed by atoms with E-state index in [4.69, 9.17) is 0 Å². The van der Waals surface area contributed by atoms with Crippen molar-refractivity contribution in [3.63, 3.8) is 0 Å². The van der Waals surface area contributed by atoms with Crippen LogP contribution in [-0.4, -0.2) is 16.8 Å². The van der Waals surface area contributed by atoms with Gasteiger partial charge in [0.05, 0.1) is 5.69 Å². The third kappa shape index (κ3) is 2.40. The molecule has 0 atom stereocenters. The molecule has 0 unspecified atom stereocenters. The standard InChI is InChI=1S/C8H11BF3N2/c1-6(9(10,11)12)5-14-8(3)4-7(2)13-14/h4H,1,5H2,2-3H3/q-1. The molecule has 6 heteroatoms. The Labute approximate surface area is 80.5 Å². The van der Waals surface area contributed by atoms with E-state index in [1.165, 1.54) is 4.68 Å². The van der Waals surface area contributed by atoms with Crippen LogP contribution in [0.5, 0.6) is 0 Å². The van der Waals surface area contributed by atoms with Crippen LogP contribution in [0.2, 0.25) is 0 Å². The first-order valence-electron chi connectivity index (χ1n) is 4.19. The van der Waals surface area contributed by atoms with Gasteiger partial charge in [-0.25, -0.2) is 0 Å². The Bertz CT molecular complexity index is 354. The number of allylic oxidation sites excluding steroid dienone is 1. The van der Waals surface area contributed by atoms with Crippen LogP contribution in [0.1, 0.15) is 11.4 Å². The zero-order valence-corrected chi connectivity index (χ0v) is 8.10. The molecule has 78 valence electrons. The number of hydrogen-bond acceptors (Lipinski definition) is 1. The normalized spacial score (nSPS) is 11.8. The van der Waals surface area contributed by atoms with Crippen molar-refractivity contribution in [3.8, 4) is 0 Å². The molecule has 0 aliphatic rings. The van der Waals surface area contributed by atoms with Gasteiger partial charge in [-0.2, -0.15) is 5.10 Å². The second-order valence-corrected chi connectivity index (χ2v) is 3.32. The quantitative estimate of drug-likeness (QED) is 0.689. The summed E-state index contributed by atoms with van der Waals surface area (Å²) in [7, 11) is 0. The first kappa shape index (κ1) is 10.9. The Hall–Kier alpha value is -1.20. The predicted octanol–water partition coefficient (Wildman–Crippen LogP) is 2.44. The maximum Gasteiger partial charge on any atom is 0.506 e. The van der Waals surface area contributed by atoms with Crippen molar-refractivity contribution in [2.45, 2.75) is 20.4 Å². The fourth-order valence-electron chi connectivity index (χ4n) is 1.13. The molecule has 0 N–H and O–H groups in total. The highest BCUT2D eigenvalue weighted by atomic mass is 19.4. The third-order valence-electron chi connectivity index (χ3n) is 1.92. The summed E-state index contributed by atoms with van der Waals surface area (Å²) in [4.78, 5) is 0. The number of nitrogens with zero attached hydrogens (tertiary/aromatic N) is 2. The van der Waals surface area contributed by atoms with Crippen molar-refractivity contribution in [1.82, 2.24) is 9.78 Å². The number of halogens is 3. The van der Waals surface area contributed by atoms with Gasteiger partial charge in [-0.05, 0) is 19.9 Å². The fourth-order valence-corrected chi connectivity index (χ4v) is 1.13. The van der Waals surface area contributed by atoms with Crippen LogP contribution in [0.15, 0.2) is 18.1 Å². The summed E-state index contributed by atoms with van der Waals surface area (Å²) < 4.78 is 37.9.